The molecule has 1 N–H and O–H groups in total. The average Bonchev–Trinajstić information content (AvgIpc) is 2.90. The number of rotatable bonds is 3. The molecule has 1 aromatic heterocycles. The lowest BCUT2D eigenvalue weighted by Crippen LogP contribution is -1.98. The van der Waals surface area contributed by atoms with E-state index in [4.69, 9.17) is 0 Å². The summed E-state index contributed by atoms with van der Waals surface area (Å²) in [5, 5.41) is 7.70. The predicted molar refractivity (Wildman–Crippen MR) is 81.4 cm³/mol. The van der Waals surface area contributed by atoms with Crippen molar-refractivity contribution in [2.45, 2.75) is 0 Å². The average molecular weight is 264 g/mol. The zero-order valence-electron chi connectivity index (χ0n) is 11.5. The maximum atomic E-state index is 4.67. The molecule has 0 aliphatic heterocycles. The molecule has 0 radical (unpaired) electrons. The molecule has 3 aromatic rings. The van der Waals surface area contributed by atoms with Crippen LogP contribution in [0.1, 0.15) is 0 Å². The Bertz CT molecular complexity index is 716. The Morgan fingerprint density at radius 2 is 1.65 bits per heavy atom. The van der Waals surface area contributed by atoms with Gasteiger partial charge in [0.2, 0.25) is 0 Å². The normalized spacial score (nSPS) is 10.5. The highest BCUT2D eigenvalue weighted by atomic mass is 15.3. The van der Waals surface area contributed by atoms with E-state index in [0.29, 0.717) is 0 Å². The van der Waals surface area contributed by atoms with Crippen LogP contribution in [0.2, 0.25) is 0 Å². The molecule has 0 spiro atoms. The highest BCUT2D eigenvalue weighted by Gasteiger charge is 2.13. The quantitative estimate of drug-likeness (QED) is 0.790. The predicted octanol–water partition coefficient (Wildman–Crippen LogP) is 3.19. The van der Waals surface area contributed by atoms with Gasteiger partial charge in [0.05, 0.1) is 0 Å². The summed E-state index contributed by atoms with van der Waals surface area (Å²) in [4.78, 5) is 4.67. The van der Waals surface area contributed by atoms with E-state index >= 15 is 0 Å². The summed E-state index contributed by atoms with van der Waals surface area (Å²) in [6.45, 7) is 0. The minimum atomic E-state index is 0.744. The Hall–Kier alpha value is -2.62. The number of hydrogen-bond acceptors (Lipinski definition) is 3. The fraction of sp³-hybridized carbons (Fsp3) is 0.125. The molecular formula is C16H16N4. The first kappa shape index (κ1) is 12.4. The molecule has 20 heavy (non-hydrogen) atoms. The Labute approximate surface area is 118 Å². The van der Waals surface area contributed by atoms with Gasteiger partial charge in [-0.2, -0.15) is 5.10 Å². The Morgan fingerprint density at radius 1 is 0.950 bits per heavy atom. The molecule has 0 amide bonds. The van der Waals surface area contributed by atoms with Gasteiger partial charge in [0.15, 0.2) is 11.6 Å². The minimum Gasteiger partial charge on any atom is -0.388 e. The van der Waals surface area contributed by atoms with E-state index in [1.807, 2.05) is 73.4 Å². The van der Waals surface area contributed by atoms with Gasteiger partial charge in [-0.3, -0.25) is 0 Å². The maximum absolute atomic E-state index is 4.67. The van der Waals surface area contributed by atoms with Crippen molar-refractivity contribution >= 4 is 5.69 Å². The monoisotopic (exact) mass is 264 g/mol. The minimum absolute atomic E-state index is 0.744. The topological polar surface area (TPSA) is 42.7 Å². The summed E-state index contributed by atoms with van der Waals surface area (Å²) in [6, 6.07) is 18.1. The second-order valence-electron chi connectivity index (χ2n) is 4.54. The molecule has 0 aliphatic rings. The summed E-state index contributed by atoms with van der Waals surface area (Å²) in [5.74, 6) is 1.60. The van der Waals surface area contributed by atoms with Gasteiger partial charge in [-0.05, 0) is 12.1 Å². The highest BCUT2D eigenvalue weighted by Crippen LogP contribution is 2.27. The van der Waals surface area contributed by atoms with Crippen molar-refractivity contribution in [3.8, 4) is 22.8 Å². The zero-order chi connectivity index (χ0) is 13.9. The van der Waals surface area contributed by atoms with Crippen LogP contribution < -0.4 is 5.32 Å². The van der Waals surface area contributed by atoms with E-state index in [2.05, 4.69) is 15.4 Å². The van der Waals surface area contributed by atoms with Gasteiger partial charge in [-0.1, -0.05) is 42.5 Å². The third kappa shape index (κ3) is 2.16. The van der Waals surface area contributed by atoms with Crippen molar-refractivity contribution in [2.75, 3.05) is 12.4 Å². The third-order valence-electron chi connectivity index (χ3n) is 3.23. The van der Waals surface area contributed by atoms with Crippen LogP contribution in [0, 0.1) is 0 Å². The highest BCUT2D eigenvalue weighted by molar-refractivity contribution is 5.74. The number of hydrogen-bond donors (Lipinski definition) is 1. The van der Waals surface area contributed by atoms with E-state index in [-0.39, 0.29) is 0 Å². The molecule has 4 heteroatoms. The van der Waals surface area contributed by atoms with Crippen molar-refractivity contribution in [2.24, 2.45) is 7.05 Å². The van der Waals surface area contributed by atoms with Crippen molar-refractivity contribution in [1.29, 1.82) is 0 Å². The summed E-state index contributed by atoms with van der Waals surface area (Å²) in [5.41, 5.74) is 3.12. The molecule has 100 valence electrons. The third-order valence-corrected chi connectivity index (χ3v) is 3.23. The van der Waals surface area contributed by atoms with Crippen LogP contribution in [-0.4, -0.2) is 21.8 Å². The van der Waals surface area contributed by atoms with Crippen LogP contribution >= 0.6 is 0 Å². The second kappa shape index (κ2) is 5.17. The summed E-state index contributed by atoms with van der Waals surface area (Å²) >= 11 is 0. The van der Waals surface area contributed by atoms with Gasteiger partial charge in [0.1, 0.15) is 0 Å². The van der Waals surface area contributed by atoms with Crippen molar-refractivity contribution < 1.29 is 0 Å². The molecular weight excluding hydrogens is 248 g/mol. The first-order chi connectivity index (χ1) is 9.79. The molecule has 0 bridgehead atoms. The fourth-order valence-corrected chi connectivity index (χ4v) is 2.22. The van der Waals surface area contributed by atoms with E-state index in [1.165, 1.54) is 0 Å². The Morgan fingerprint density at radius 3 is 2.40 bits per heavy atom. The Balaban J connectivity index is 2.10. The van der Waals surface area contributed by atoms with E-state index in [1.54, 1.807) is 0 Å². The van der Waals surface area contributed by atoms with Gasteiger partial charge in [0.25, 0.3) is 0 Å². The molecule has 0 fully saturated rings. The number of benzene rings is 2. The summed E-state index contributed by atoms with van der Waals surface area (Å²) in [7, 11) is 3.83. The van der Waals surface area contributed by atoms with E-state index in [0.717, 1.165) is 28.5 Å². The number of anilines is 1. The molecule has 1 heterocycles. The lowest BCUT2D eigenvalue weighted by atomic mass is 10.1. The molecule has 4 nitrogen and oxygen atoms in total. The van der Waals surface area contributed by atoms with Gasteiger partial charge in [-0.15, -0.1) is 0 Å². The number of aryl methyl sites for hydroxylation is 1. The van der Waals surface area contributed by atoms with Crippen LogP contribution in [0.25, 0.3) is 22.8 Å². The lowest BCUT2D eigenvalue weighted by molar-refractivity contribution is 0.777. The Kier molecular flexibility index (Phi) is 3.21. The summed E-state index contributed by atoms with van der Waals surface area (Å²) < 4.78 is 1.82. The van der Waals surface area contributed by atoms with Crippen LogP contribution in [-0.2, 0) is 7.05 Å². The number of aromatic nitrogens is 3. The zero-order valence-corrected chi connectivity index (χ0v) is 11.5. The number of nitrogens with zero attached hydrogens (tertiary/aromatic N) is 3. The smallest absolute Gasteiger partial charge is 0.181 e. The summed E-state index contributed by atoms with van der Waals surface area (Å²) in [6.07, 6.45) is 0. The maximum Gasteiger partial charge on any atom is 0.181 e. The standard InChI is InChI=1S/C16H16N4/c1-17-14-11-7-6-10-13(14)16-18-15(19-20(16)2)12-8-4-3-5-9-12/h3-11,17H,1-2H3. The first-order valence-electron chi connectivity index (χ1n) is 6.53. The SMILES string of the molecule is CNc1ccccc1-c1nc(-c2ccccc2)nn1C. The lowest BCUT2D eigenvalue weighted by Gasteiger charge is -2.07. The fourth-order valence-electron chi connectivity index (χ4n) is 2.22. The van der Waals surface area contributed by atoms with Gasteiger partial charge in [0, 0.05) is 30.9 Å². The van der Waals surface area contributed by atoms with Gasteiger partial charge in [-0.25, -0.2) is 9.67 Å². The first-order valence-corrected chi connectivity index (χ1v) is 6.53. The van der Waals surface area contributed by atoms with Crippen molar-refractivity contribution in [3.05, 3.63) is 54.6 Å². The van der Waals surface area contributed by atoms with Crippen LogP contribution in [0.5, 0.6) is 0 Å². The molecule has 0 atom stereocenters. The molecule has 3 rings (SSSR count). The van der Waals surface area contributed by atoms with Crippen LogP contribution in [0.15, 0.2) is 54.6 Å². The van der Waals surface area contributed by atoms with E-state index < -0.39 is 0 Å². The van der Waals surface area contributed by atoms with E-state index in [9.17, 15) is 0 Å². The second-order valence-corrected chi connectivity index (χ2v) is 4.54. The van der Waals surface area contributed by atoms with Gasteiger partial charge >= 0.3 is 0 Å². The van der Waals surface area contributed by atoms with Crippen molar-refractivity contribution in [1.82, 2.24) is 14.8 Å². The van der Waals surface area contributed by atoms with Crippen LogP contribution in [0.4, 0.5) is 5.69 Å². The number of para-hydroxylation sites is 1. The van der Waals surface area contributed by atoms with Crippen molar-refractivity contribution in [3.63, 3.8) is 0 Å². The van der Waals surface area contributed by atoms with Gasteiger partial charge < -0.3 is 5.32 Å². The molecule has 0 unspecified atom stereocenters. The molecule has 0 aliphatic carbocycles. The molecule has 0 saturated heterocycles. The van der Waals surface area contributed by atoms with Crippen LogP contribution in [0.3, 0.4) is 0 Å². The molecule has 2 aromatic carbocycles. The largest absolute Gasteiger partial charge is 0.388 e. The molecule has 0 saturated carbocycles. The number of nitrogens with one attached hydrogen (secondary N) is 1.